The van der Waals surface area contributed by atoms with Gasteiger partial charge in [-0.1, -0.05) is 12.1 Å². The molecule has 2 aliphatic heterocycles. The van der Waals surface area contributed by atoms with Crippen molar-refractivity contribution in [2.45, 2.75) is 25.3 Å². The van der Waals surface area contributed by atoms with E-state index < -0.39 is 11.9 Å². The van der Waals surface area contributed by atoms with Crippen molar-refractivity contribution in [1.82, 2.24) is 5.32 Å². The van der Waals surface area contributed by atoms with Gasteiger partial charge < -0.3 is 14.8 Å². The normalized spacial score (nSPS) is 20.5. The third-order valence-electron chi connectivity index (χ3n) is 3.89. The number of ether oxygens (including phenoxy) is 2. The molecule has 1 atom stereocenters. The topological polar surface area (TPSA) is 81.7 Å². The molecule has 1 aromatic rings. The van der Waals surface area contributed by atoms with E-state index in [0.29, 0.717) is 17.6 Å². The average Bonchev–Trinajstić information content (AvgIpc) is 2.98. The minimum absolute atomic E-state index is 0.00752. The van der Waals surface area contributed by atoms with Crippen molar-refractivity contribution in [1.29, 1.82) is 0 Å². The zero-order chi connectivity index (χ0) is 16.2. The van der Waals surface area contributed by atoms with Crippen LogP contribution < -0.4 is 5.32 Å². The highest BCUT2D eigenvalue weighted by molar-refractivity contribution is 5.90. The maximum atomic E-state index is 12.0. The number of piperidine rings is 1. The van der Waals surface area contributed by atoms with Gasteiger partial charge in [-0.2, -0.15) is 0 Å². The van der Waals surface area contributed by atoms with E-state index in [-0.39, 0.29) is 25.2 Å². The summed E-state index contributed by atoms with van der Waals surface area (Å²) in [7, 11) is 0. The molecule has 0 aromatic heterocycles. The number of amides is 1. The molecule has 1 unspecified atom stereocenters. The Morgan fingerprint density at radius 3 is 2.70 bits per heavy atom. The molecule has 0 spiro atoms. The van der Waals surface area contributed by atoms with E-state index in [1.807, 2.05) is 12.1 Å². The van der Waals surface area contributed by atoms with E-state index in [1.165, 1.54) is 6.08 Å². The van der Waals surface area contributed by atoms with Crippen molar-refractivity contribution in [3.05, 3.63) is 47.0 Å². The number of carbonyl (C=O) groups excluding carboxylic acids is 3. The molecule has 120 valence electrons. The maximum absolute atomic E-state index is 12.0. The number of cyclic esters (lactones) is 1. The van der Waals surface area contributed by atoms with Gasteiger partial charge in [0.25, 0.3) is 0 Å². The van der Waals surface area contributed by atoms with E-state index in [0.717, 1.165) is 18.4 Å². The van der Waals surface area contributed by atoms with Crippen LogP contribution in [0.15, 0.2) is 35.9 Å². The minimum atomic E-state index is -0.454. The summed E-state index contributed by atoms with van der Waals surface area (Å²) in [4.78, 5) is 34.3. The summed E-state index contributed by atoms with van der Waals surface area (Å²) in [5.74, 6) is -0.800. The van der Waals surface area contributed by atoms with Crippen LogP contribution in [0.3, 0.4) is 0 Å². The molecule has 6 nitrogen and oxygen atoms in total. The van der Waals surface area contributed by atoms with Crippen molar-refractivity contribution in [3.8, 4) is 0 Å². The van der Waals surface area contributed by atoms with E-state index in [1.54, 1.807) is 12.1 Å². The van der Waals surface area contributed by atoms with Gasteiger partial charge in [0.15, 0.2) is 0 Å². The number of benzene rings is 1. The first-order chi connectivity index (χ1) is 11.1. The molecular weight excluding hydrogens is 298 g/mol. The number of nitrogens with one attached hydrogen (secondary N) is 1. The zero-order valence-corrected chi connectivity index (χ0v) is 12.5. The highest BCUT2D eigenvalue weighted by Gasteiger charge is 2.20. The van der Waals surface area contributed by atoms with Gasteiger partial charge in [-0.15, -0.1) is 0 Å². The number of hydrogen-bond donors (Lipinski definition) is 1. The average molecular weight is 315 g/mol. The molecule has 23 heavy (non-hydrogen) atoms. The van der Waals surface area contributed by atoms with Gasteiger partial charge >= 0.3 is 11.9 Å². The fourth-order valence-electron chi connectivity index (χ4n) is 2.65. The molecule has 0 aliphatic carbocycles. The first-order valence-corrected chi connectivity index (χ1v) is 7.54. The molecular formula is C17H17NO5. The van der Waals surface area contributed by atoms with Gasteiger partial charge in [-0.25, -0.2) is 9.59 Å². The van der Waals surface area contributed by atoms with Gasteiger partial charge in [-0.3, -0.25) is 4.79 Å². The second-order valence-electron chi connectivity index (χ2n) is 5.62. The lowest BCUT2D eigenvalue weighted by molar-refractivity contribution is -0.135. The third kappa shape index (κ3) is 3.77. The molecule has 1 N–H and O–H groups in total. The lowest BCUT2D eigenvalue weighted by atomic mass is 9.96. The van der Waals surface area contributed by atoms with E-state index >= 15 is 0 Å². The Bertz CT molecular complexity index is 662. The maximum Gasteiger partial charge on any atom is 0.338 e. The van der Waals surface area contributed by atoms with Crippen LogP contribution in [0.4, 0.5) is 0 Å². The highest BCUT2D eigenvalue weighted by atomic mass is 16.5. The van der Waals surface area contributed by atoms with Crippen molar-refractivity contribution in [3.63, 3.8) is 0 Å². The Kier molecular flexibility index (Phi) is 4.41. The van der Waals surface area contributed by atoms with Crippen molar-refractivity contribution in [2.75, 3.05) is 13.2 Å². The number of esters is 2. The Labute approximate surface area is 133 Å². The van der Waals surface area contributed by atoms with Crippen molar-refractivity contribution < 1.29 is 23.9 Å². The Balaban J connectivity index is 1.58. The molecule has 3 rings (SSSR count). The van der Waals surface area contributed by atoms with E-state index in [2.05, 4.69) is 5.32 Å². The quantitative estimate of drug-likeness (QED) is 0.855. The molecule has 2 heterocycles. The van der Waals surface area contributed by atoms with E-state index in [4.69, 9.17) is 9.47 Å². The predicted molar refractivity (Wildman–Crippen MR) is 80.5 cm³/mol. The lowest BCUT2D eigenvalue weighted by Crippen LogP contribution is -2.32. The summed E-state index contributed by atoms with van der Waals surface area (Å²) in [5, 5.41) is 2.94. The Morgan fingerprint density at radius 2 is 2.04 bits per heavy atom. The van der Waals surface area contributed by atoms with Crippen molar-refractivity contribution in [2.24, 2.45) is 0 Å². The lowest BCUT2D eigenvalue weighted by Gasteiger charge is -2.23. The molecule has 0 saturated carbocycles. The first kappa shape index (κ1) is 15.3. The third-order valence-corrected chi connectivity index (χ3v) is 3.89. The molecule has 0 radical (unpaired) electrons. The number of carbonyl (C=O) groups is 3. The van der Waals surface area contributed by atoms with Crippen LogP contribution in [0.5, 0.6) is 0 Å². The van der Waals surface area contributed by atoms with Crippen LogP contribution in [-0.4, -0.2) is 31.1 Å². The summed E-state index contributed by atoms with van der Waals surface area (Å²) >= 11 is 0. The second kappa shape index (κ2) is 6.64. The fourth-order valence-corrected chi connectivity index (χ4v) is 2.65. The molecule has 1 saturated heterocycles. The molecule has 6 heteroatoms. The standard InChI is InChI=1S/C17H17NO5/c19-15-3-1-2-14(18-15)12-4-6-13(7-5-12)17(21)23-10-11-8-16(20)22-9-11/h4-8,14H,1-3,9-10H2,(H,18,19). The van der Waals surface area contributed by atoms with Crippen LogP contribution >= 0.6 is 0 Å². The molecule has 1 amide bonds. The molecule has 1 aromatic carbocycles. The first-order valence-electron chi connectivity index (χ1n) is 7.54. The van der Waals surface area contributed by atoms with E-state index in [9.17, 15) is 14.4 Å². The number of hydrogen-bond acceptors (Lipinski definition) is 5. The van der Waals surface area contributed by atoms with Crippen molar-refractivity contribution >= 4 is 17.8 Å². The Morgan fingerprint density at radius 1 is 1.26 bits per heavy atom. The molecule has 1 fully saturated rings. The molecule has 2 aliphatic rings. The highest BCUT2D eigenvalue weighted by Crippen LogP contribution is 2.23. The fraction of sp³-hybridized carbons (Fsp3) is 0.353. The van der Waals surface area contributed by atoms with Gasteiger partial charge in [-0.05, 0) is 30.5 Å². The second-order valence-corrected chi connectivity index (χ2v) is 5.62. The molecule has 0 bridgehead atoms. The van der Waals surface area contributed by atoms with Crippen LogP contribution in [-0.2, 0) is 19.1 Å². The summed E-state index contributed by atoms with van der Waals surface area (Å²) in [5.41, 5.74) is 2.05. The van der Waals surface area contributed by atoms with Gasteiger partial charge in [0.05, 0.1) is 11.6 Å². The van der Waals surface area contributed by atoms with Crippen LogP contribution in [0.25, 0.3) is 0 Å². The predicted octanol–water partition coefficient (Wildman–Crippen LogP) is 1.67. The largest absolute Gasteiger partial charge is 0.458 e. The summed E-state index contributed by atoms with van der Waals surface area (Å²) in [6, 6.07) is 7.03. The summed E-state index contributed by atoms with van der Waals surface area (Å²) < 4.78 is 9.89. The monoisotopic (exact) mass is 315 g/mol. The minimum Gasteiger partial charge on any atom is -0.458 e. The van der Waals surface area contributed by atoms with Crippen LogP contribution in [0.1, 0.15) is 41.2 Å². The summed E-state index contributed by atoms with van der Waals surface area (Å²) in [6.07, 6.45) is 3.68. The van der Waals surface area contributed by atoms with Gasteiger partial charge in [0.1, 0.15) is 13.2 Å². The van der Waals surface area contributed by atoms with Crippen LogP contribution in [0, 0.1) is 0 Å². The summed E-state index contributed by atoms with van der Waals surface area (Å²) in [6.45, 7) is 0.220. The SMILES string of the molecule is O=C1CCCC(c2ccc(C(=O)OCC3=CC(=O)OC3)cc2)N1. The van der Waals surface area contributed by atoms with Crippen LogP contribution in [0.2, 0.25) is 0 Å². The van der Waals surface area contributed by atoms with Gasteiger partial charge in [0.2, 0.25) is 5.91 Å². The van der Waals surface area contributed by atoms with Gasteiger partial charge in [0, 0.05) is 18.1 Å². The smallest absolute Gasteiger partial charge is 0.338 e. The zero-order valence-electron chi connectivity index (χ0n) is 12.5. The Hall–Kier alpha value is -2.63. The number of rotatable bonds is 4.